The number of nitrogens with zero attached hydrogens (tertiary/aromatic N) is 2. The summed E-state index contributed by atoms with van der Waals surface area (Å²) in [7, 11) is 2.86. The van der Waals surface area contributed by atoms with Gasteiger partial charge in [0.25, 0.3) is 0 Å². The Bertz CT molecular complexity index is 802. The number of anilines is 2. The SMILES string of the molecule is Clc1cccc(NC2=NCCN=C(Nc3cccc(Cl)c3Cl)SS2)c1Cl. The van der Waals surface area contributed by atoms with Crippen molar-refractivity contribution in [3.8, 4) is 0 Å². The Balaban J connectivity index is 1.68. The molecule has 0 aliphatic carbocycles. The van der Waals surface area contributed by atoms with E-state index in [4.69, 9.17) is 46.4 Å². The van der Waals surface area contributed by atoms with Gasteiger partial charge in [0.05, 0.1) is 44.6 Å². The standard InChI is InChI=1S/C16H12Cl4N4S2/c17-9-3-1-5-11(13(9)19)23-15-21-7-8-22-16(26-25-15)24-12-6-2-4-10(18)14(12)20/h1-6H,7-8H2,(H,21,23)(H,22,24). The largest absolute Gasteiger partial charge is 0.333 e. The van der Waals surface area contributed by atoms with Crippen molar-refractivity contribution < 1.29 is 0 Å². The number of amidine groups is 2. The van der Waals surface area contributed by atoms with Gasteiger partial charge in [-0.2, -0.15) is 0 Å². The molecular formula is C16H12Cl4N4S2. The molecule has 3 rings (SSSR count). The predicted octanol–water partition coefficient (Wildman–Crippen LogP) is 6.93. The fourth-order valence-corrected chi connectivity index (χ4v) is 4.47. The molecule has 1 heterocycles. The summed E-state index contributed by atoms with van der Waals surface area (Å²) >= 11 is 24.6. The molecule has 2 aromatic carbocycles. The lowest BCUT2D eigenvalue weighted by Crippen LogP contribution is -2.15. The first-order valence-corrected chi connectivity index (χ1v) is 11.1. The van der Waals surface area contributed by atoms with E-state index in [-0.39, 0.29) is 0 Å². The van der Waals surface area contributed by atoms with Gasteiger partial charge >= 0.3 is 0 Å². The van der Waals surface area contributed by atoms with Crippen LogP contribution in [0.5, 0.6) is 0 Å². The van der Waals surface area contributed by atoms with Crippen LogP contribution in [0.25, 0.3) is 0 Å². The van der Waals surface area contributed by atoms with Gasteiger partial charge < -0.3 is 10.6 Å². The van der Waals surface area contributed by atoms with Crippen LogP contribution < -0.4 is 10.6 Å². The summed E-state index contributed by atoms with van der Waals surface area (Å²) in [6, 6.07) is 10.8. The van der Waals surface area contributed by atoms with E-state index in [1.807, 2.05) is 24.3 Å². The van der Waals surface area contributed by atoms with Gasteiger partial charge in [0, 0.05) is 0 Å². The second-order valence-electron chi connectivity index (χ2n) is 4.99. The fourth-order valence-electron chi connectivity index (χ4n) is 1.99. The predicted molar refractivity (Wildman–Crippen MR) is 120 cm³/mol. The Morgan fingerprint density at radius 2 is 1.12 bits per heavy atom. The van der Waals surface area contributed by atoms with Crippen LogP contribution in [0.4, 0.5) is 11.4 Å². The average molecular weight is 466 g/mol. The molecule has 26 heavy (non-hydrogen) atoms. The van der Waals surface area contributed by atoms with E-state index in [0.29, 0.717) is 54.9 Å². The Hall–Kier alpha value is -0.760. The normalized spacial score (nSPS) is 14.8. The molecule has 1 aliphatic rings. The second-order valence-corrected chi connectivity index (χ2v) is 8.67. The van der Waals surface area contributed by atoms with E-state index in [1.54, 1.807) is 12.1 Å². The number of rotatable bonds is 2. The van der Waals surface area contributed by atoms with Crippen molar-refractivity contribution in [1.82, 2.24) is 0 Å². The molecule has 0 unspecified atom stereocenters. The van der Waals surface area contributed by atoms with E-state index in [9.17, 15) is 0 Å². The van der Waals surface area contributed by atoms with Gasteiger partial charge in [0.2, 0.25) is 0 Å². The lowest BCUT2D eigenvalue weighted by atomic mass is 10.3. The molecule has 4 nitrogen and oxygen atoms in total. The lowest BCUT2D eigenvalue weighted by Gasteiger charge is -2.15. The Labute approximate surface area is 179 Å². The zero-order chi connectivity index (χ0) is 18.5. The van der Waals surface area contributed by atoms with Crippen LogP contribution in [0.15, 0.2) is 46.4 Å². The molecule has 0 spiro atoms. The highest BCUT2D eigenvalue weighted by atomic mass is 35.5. The molecule has 2 aromatic rings. The number of nitrogens with one attached hydrogen (secondary N) is 2. The van der Waals surface area contributed by atoms with Crippen molar-refractivity contribution in [3.63, 3.8) is 0 Å². The Kier molecular flexibility index (Phi) is 7.26. The highest BCUT2D eigenvalue weighted by Crippen LogP contribution is 2.34. The first kappa shape index (κ1) is 20.0. The molecule has 0 saturated carbocycles. The zero-order valence-electron chi connectivity index (χ0n) is 13.1. The Morgan fingerprint density at radius 3 is 1.54 bits per heavy atom. The topological polar surface area (TPSA) is 48.8 Å². The summed E-state index contributed by atoms with van der Waals surface area (Å²) in [5.74, 6) is 0. The molecule has 0 radical (unpaired) electrons. The molecule has 1 aliphatic heterocycles. The monoisotopic (exact) mass is 464 g/mol. The van der Waals surface area contributed by atoms with Crippen molar-refractivity contribution in [3.05, 3.63) is 56.5 Å². The minimum atomic E-state index is 0.460. The maximum absolute atomic E-state index is 6.22. The van der Waals surface area contributed by atoms with Gasteiger partial charge in [-0.25, -0.2) is 0 Å². The van der Waals surface area contributed by atoms with E-state index in [1.165, 1.54) is 21.6 Å². The molecule has 2 N–H and O–H groups in total. The van der Waals surface area contributed by atoms with Crippen LogP contribution in [0.3, 0.4) is 0 Å². The summed E-state index contributed by atoms with van der Waals surface area (Å²) in [6.07, 6.45) is 0. The Morgan fingerprint density at radius 1 is 0.692 bits per heavy atom. The maximum Gasteiger partial charge on any atom is 0.172 e. The first-order chi connectivity index (χ1) is 12.5. The minimum Gasteiger partial charge on any atom is -0.333 e. The smallest absolute Gasteiger partial charge is 0.172 e. The van der Waals surface area contributed by atoms with Crippen LogP contribution in [0, 0.1) is 0 Å². The summed E-state index contributed by atoms with van der Waals surface area (Å²) in [6.45, 7) is 1.09. The van der Waals surface area contributed by atoms with Crippen LogP contribution in [0.2, 0.25) is 20.1 Å². The van der Waals surface area contributed by atoms with E-state index < -0.39 is 0 Å². The molecule has 0 saturated heterocycles. The van der Waals surface area contributed by atoms with Gasteiger partial charge in [-0.1, -0.05) is 58.5 Å². The lowest BCUT2D eigenvalue weighted by molar-refractivity contribution is 0.981. The van der Waals surface area contributed by atoms with Crippen LogP contribution in [0.1, 0.15) is 0 Å². The van der Waals surface area contributed by atoms with Crippen molar-refractivity contribution in [1.29, 1.82) is 0 Å². The summed E-state index contributed by atoms with van der Waals surface area (Å²) in [5.41, 5.74) is 1.41. The van der Waals surface area contributed by atoms with Gasteiger partial charge in [-0.3, -0.25) is 9.98 Å². The molecule has 10 heteroatoms. The third kappa shape index (κ3) is 5.15. The quantitative estimate of drug-likeness (QED) is 0.472. The highest BCUT2D eigenvalue weighted by Gasteiger charge is 2.13. The van der Waals surface area contributed by atoms with Crippen molar-refractivity contribution in [2.45, 2.75) is 0 Å². The maximum atomic E-state index is 6.22. The number of hydrogen-bond acceptors (Lipinski definition) is 6. The number of aliphatic imine (C=N–C) groups is 2. The first-order valence-electron chi connectivity index (χ1n) is 7.40. The summed E-state index contributed by atoms with van der Waals surface area (Å²) in [5, 5.41) is 9.74. The van der Waals surface area contributed by atoms with Crippen LogP contribution in [-0.4, -0.2) is 23.4 Å². The molecule has 0 amide bonds. The third-order valence-electron chi connectivity index (χ3n) is 3.20. The van der Waals surface area contributed by atoms with Crippen molar-refractivity contribution in [2.24, 2.45) is 9.98 Å². The van der Waals surface area contributed by atoms with Crippen LogP contribution >= 0.6 is 68.0 Å². The number of hydrogen-bond donors (Lipinski definition) is 2. The molecule has 0 aromatic heterocycles. The molecule has 0 atom stereocenters. The summed E-state index contributed by atoms with van der Waals surface area (Å²) in [4.78, 5) is 8.97. The highest BCUT2D eigenvalue weighted by molar-refractivity contribution is 8.87. The summed E-state index contributed by atoms with van der Waals surface area (Å²) < 4.78 is 0. The van der Waals surface area contributed by atoms with Gasteiger partial charge in [0.15, 0.2) is 10.3 Å². The molecule has 0 fully saturated rings. The average Bonchev–Trinajstić information content (AvgIpc) is 2.60. The van der Waals surface area contributed by atoms with E-state index in [0.717, 1.165) is 0 Å². The molecular weight excluding hydrogens is 454 g/mol. The van der Waals surface area contributed by atoms with Crippen molar-refractivity contribution in [2.75, 3.05) is 23.7 Å². The van der Waals surface area contributed by atoms with Gasteiger partial charge in [0.1, 0.15) is 0 Å². The molecule has 136 valence electrons. The molecule has 0 bridgehead atoms. The number of halogens is 4. The van der Waals surface area contributed by atoms with Gasteiger partial charge in [-0.05, 0) is 45.9 Å². The van der Waals surface area contributed by atoms with E-state index >= 15 is 0 Å². The minimum absolute atomic E-state index is 0.460. The van der Waals surface area contributed by atoms with Crippen molar-refractivity contribution >= 4 is 89.7 Å². The third-order valence-corrected chi connectivity index (χ3v) is 6.89. The second kappa shape index (κ2) is 9.44. The van der Waals surface area contributed by atoms with Gasteiger partial charge in [-0.15, -0.1) is 0 Å². The van der Waals surface area contributed by atoms with E-state index in [2.05, 4.69) is 20.6 Å². The fraction of sp³-hybridized carbons (Fsp3) is 0.125. The zero-order valence-corrected chi connectivity index (χ0v) is 17.8. The number of benzene rings is 2. The van der Waals surface area contributed by atoms with Crippen LogP contribution in [-0.2, 0) is 0 Å².